The number of carbonyl (C=O) groups excluding carboxylic acids is 1. The van der Waals surface area contributed by atoms with Crippen molar-refractivity contribution in [2.75, 3.05) is 13.6 Å². The van der Waals surface area contributed by atoms with Gasteiger partial charge >= 0.3 is 0 Å². The van der Waals surface area contributed by atoms with Gasteiger partial charge in [-0.25, -0.2) is 0 Å². The van der Waals surface area contributed by atoms with E-state index in [2.05, 4.69) is 24.9 Å². The predicted molar refractivity (Wildman–Crippen MR) is 83.9 cm³/mol. The molecule has 1 aliphatic rings. The molecule has 1 fully saturated rings. The van der Waals surface area contributed by atoms with Gasteiger partial charge in [-0.2, -0.15) is 0 Å². The lowest BCUT2D eigenvalue weighted by Crippen LogP contribution is -2.34. The van der Waals surface area contributed by atoms with Gasteiger partial charge in [-0.05, 0) is 37.4 Å². The van der Waals surface area contributed by atoms with Crippen LogP contribution in [0.15, 0.2) is 24.3 Å². The Morgan fingerprint density at radius 2 is 2.10 bits per heavy atom. The van der Waals surface area contributed by atoms with Gasteiger partial charge in [0.2, 0.25) is 0 Å². The molecule has 0 N–H and O–H groups in total. The maximum absolute atomic E-state index is 12.1. The van der Waals surface area contributed by atoms with E-state index in [1.54, 1.807) is 0 Å². The summed E-state index contributed by atoms with van der Waals surface area (Å²) in [6.07, 6.45) is 4.10. The van der Waals surface area contributed by atoms with Crippen LogP contribution in [-0.2, 0) is 11.3 Å². The molecule has 0 aliphatic heterocycles. The zero-order valence-corrected chi connectivity index (χ0v) is 13.2. The fourth-order valence-electron chi connectivity index (χ4n) is 3.11. The molecule has 0 aromatic heterocycles. The van der Waals surface area contributed by atoms with Crippen molar-refractivity contribution in [2.24, 2.45) is 11.8 Å². The van der Waals surface area contributed by atoms with Crippen LogP contribution in [0.1, 0.15) is 38.2 Å². The van der Waals surface area contributed by atoms with Crippen molar-refractivity contribution in [2.45, 2.75) is 39.2 Å². The summed E-state index contributed by atoms with van der Waals surface area (Å²) in [6, 6.07) is 7.93. The van der Waals surface area contributed by atoms with Crippen LogP contribution in [0, 0.1) is 11.8 Å². The fraction of sp³-hybridized carbons (Fsp3) is 0.588. The van der Waals surface area contributed by atoms with Crippen LogP contribution >= 0.6 is 11.6 Å². The molecule has 0 spiro atoms. The van der Waals surface area contributed by atoms with Gasteiger partial charge in [0.25, 0.3) is 0 Å². The Balaban J connectivity index is 1.92. The van der Waals surface area contributed by atoms with Gasteiger partial charge in [0.15, 0.2) is 0 Å². The minimum atomic E-state index is 0.209. The number of rotatable bonds is 5. The molecule has 2 unspecified atom stereocenters. The second kappa shape index (κ2) is 7.24. The summed E-state index contributed by atoms with van der Waals surface area (Å²) in [7, 11) is 2.08. The van der Waals surface area contributed by atoms with E-state index in [0.717, 1.165) is 48.9 Å². The second-order valence-corrected chi connectivity index (χ2v) is 6.41. The van der Waals surface area contributed by atoms with Crippen molar-refractivity contribution in [1.82, 2.24) is 4.90 Å². The largest absolute Gasteiger partial charge is 0.301 e. The normalized spacial score (nSPS) is 23.3. The van der Waals surface area contributed by atoms with E-state index in [0.29, 0.717) is 5.78 Å². The minimum Gasteiger partial charge on any atom is -0.301 e. The SMILES string of the molecule is CCC1CCC(=O)C(CN(C)Cc2ccccc2Cl)C1. The first kappa shape index (κ1) is 15.5. The summed E-state index contributed by atoms with van der Waals surface area (Å²) in [4.78, 5) is 14.3. The Kier molecular flexibility index (Phi) is 5.62. The molecule has 110 valence electrons. The number of Topliss-reactive ketones (excluding diaryl/α,β-unsaturated/α-hetero) is 1. The summed E-state index contributed by atoms with van der Waals surface area (Å²) in [6.45, 7) is 3.88. The first-order valence-electron chi connectivity index (χ1n) is 7.54. The Bertz CT molecular complexity index is 460. The molecule has 20 heavy (non-hydrogen) atoms. The van der Waals surface area contributed by atoms with Crippen molar-refractivity contribution in [1.29, 1.82) is 0 Å². The van der Waals surface area contributed by atoms with Crippen LogP contribution in [-0.4, -0.2) is 24.3 Å². The molecule has 2 nitrogen and oxygen atoms in total. The number of hydrogen-bond donors (Lipinski definition) is 0. The molecule has 0 bridgehead atoms. The van der Waals surface area contributed by atoms with E-state index in [9.17, 15) is 4.79 Å². The van der Waals surface area contributed by atoms with Gasteiger partial charge in [-0.1, -0.05) is 43.1 Å². The average Bonchev–Trinajstić information content (AvgIpc) is 2.44. The molecular weight excluding hydrogens is 270 g/mol. The predicted octanol–water partition coefficient (Wildman–Crippen LogP) is 4.17. The number of benzene rings is 1. The molecule has 2 rings (SSSR count). The summed E-state index contributed by atoms with van der Waals surface area (Å²) in [5.41, 5.74) is 1.13. The fourth-order valence-corrected chi connectivity index (χ4v) is 3.30. The monoisotopic (exact) mass is 293 g/mol. The smallest absolute Gasteiger partial charge is 0.137 e. The first-order valence-corrected chi connectivity index (χ1v) is 7.92. The summed E-state index contributed by atoms with van der Waals surface area (Å²) in [5, 5.41) is 0.806. The highest BCUT2D eigenvalue weighted by atomic mass is 35.5. The minimum absolute atomic E-state index is 0.209. The van der Waals surface area contributed by atoms with Gasteiger partial charge in [0.1, 0.15) is 5.78 Å². The van der Waals surface area contributed by atoms with Crippen molar-refractivity contribution >= 4 is 17.4 Å². The molecule has 1 aliphatic carbocycles. The Labute approximate surface area is 127 Å². The van der Waals surface area contributed by atoms with E-state index in [1.165, 1.54) is 6.42 Å². The summed E-state index contributed by atoms with van der Waals surface area (Å²) < 4.78 is 0. The number of halogens is 1. The number of ketones is 1. The van der Waals surface area contributed by atoms with Crippen molar-refractivity contribution in [3.8, 4) is 0 Å². The van der Waals surface area contributed by atoms with E-state index < -0.39 is 0 Å². The topological polar surface area (TPSA) is 20.3 Å². The Morgan fingerprint density at radius 3 is 2.80 bits per heavy atom. The molecule has 0 heterocycles. The van der Waals surface area contributed by atoms with Crippen molar-refractivity contribution < 1.29 is 4.79 Å². The van der Waals surface area contributed by atoms with Crippen LogP contribution in [0.25, 0.3) is 0 Å². The van der Waals surface area contributed by atoms with E-state index >= 15 is 0 Å². The maximum Gasteiger partial charge on any atom is 0.137 e. The highest BCUT2D eigenvalue weighted by Crippen LogP contribution is 2.29. The van der Waals surface area contributed by atoms with Crippen LogP contribution in [0.4, 0.5) is 0 Å². The zero-order chi connectivity index (χ0) is 14.5. The summed E-state index contributed by atoms with van der Waals surface area (Å²) in [5.74, 6) is 1.38. The quantitative estimate of drug-likeness (QED) is 0.812. The van der Waals surface area contributed by atoms with E-state index in [4.69, 9.17) is 11.6 Å². The lowest BCUT2D eigenvalue weighted by Gasteiger charge is -2.30. The first-order chi connectivity index (χ1) is 9.60. The van der Waals surface area contributed by atoms with Gasteiger partial charge in [0.05, 0.1) is 0 Å². The molecule has 0 saturated heterocycles. The van der Waals surface area contributed by atoms with Crippen LogP contribution in [0.5, 0.6) is 0 Å². The van der Waals surface area contributed by atoms with Crippen LogP contribution in [0.3, 0.4) is 0 Å². The lowest BCUT2D eigenvalue weighted by molar-refractivity contribution is -0.126. The molecule has 2 atom stereocenters. The van der Waals surface area contributed by atoms with Crippen LogP contribution < -0.4 is 0 Å². The number of hydrogen-bond acceptors (Lipinski definition) is 2. The molecule has 1 saturated carbocycles. The molecule has 1 aromatic carbocycles. The Hall–Kier alpha value is -0.860. The van der Waals surface area contributed by atoms with Gasteiger partial charge in [-0.3, -0.25) is 4.79 Å². The maximum atomic E-state index is 12.1. The molecule has 3 heteroatoms. The van der Waals surface area contributed by atoms with E-state index in [1.807, 2.05) is 18.2 Å². The third-order valence-electron chi connectivity index (χ3n) is 4.38. The van der Waals surface area contributed by atoms with Crippen molar-refractivity contribution in [3.05, 3.63) is 34.9 Å². The number of carbonyl (C=O) groups is 1. The molecule has 0 radical (unpaired) electrons. The summed E-state index contributed by atoms with van der Waals surface area (Å²) >= 11 is 6.19. The van der Waals surface area contributed by atoms with Gasteiger partial charge in [0, 0.05) is 30.5 Å². The van der Waals surface area contributed by atoms with Crippen LogP contribution in [0.2, 0.25) is 5.02 Å². The van der Waals surface area contributed by atoms with Gasteiger partial charge in [-0.15, -0.1) is 0 Å². The van der Waals surface area contributed by atoms with E-state index in [-0.39, 0.29) is 5.92 Å². The van der Waals surface area contributed by atoms with Crippen molar-refractivity contribution in [3.63, 3.8) is 0 Å². The second-order valence-electron chi connectivity index (χ2n) is 6.00. The molecule has 0 amide bonds. The standard InChI is InChI=1S/C17H24ClNO/c1-3-13-8-9-17(20)15(10-13)12-19(2)11-14-6-4-5-7-16(14)18/h4-7,13,15H,3,8-12H2,1-2H3. The third-order valence-corrected chi connectivity index (χ3v) is 4.75. The average molecular weight is 294 g/mol. The highest BCUT2D eigenvalue weighted by molar-refractivity contribution is 6.31. The highest BCUT2D eigenvalue weighted by Gasteiger charge is 2.28. The number of nitrogens with zero attached hydrogens (tertiary/aromatic N) is 1. The Morgan fingerprint density at radius 1 is 1.35 bits per heavy atom. The molecule has 1 aromatic rings. The zero-order valence-electron chi connectivity index (χ0n) is 12.4. The lowest BCUT2D eigenvalue weighted by atomic mass is 9.79. The molecular formula is C17H24ClNO. The van der Waals surface area contributed by atoms with Gasteiger partial charge < -0.3 is 4.90 Å². The third kappa shape index (κ3) is 4.07.